The van der Waals surface area contributed by atoms with Crippen molar-refractivity contribution in [3.8, 4) is 5.75 Å². The van der Waals surface area contributed by atoms with Crippen LogP contribution in [0.25, 0.3) is 0 Å². The van der Waals surface area contributed by atoms with Crippen LogP contribution in [-0.4, -0.2) is 67.1 Å². The summed E-state index contributed by atoms with van der Waals surface area (Å²) in [6.45, 7) is 4.34. The van der Waals surface area contributed by atoms with Crippen LogP contribution in [0.1, 0.15) is 29.9 Å². The molecule has 2 aromatic rings. The van der Waals surface area contributed by atoms with Crippen molar-refractivity contribution in [1.29, 1.82) is 0 Å². The van der Waals surface area contributed by atoms with Crippen LogP contribution in [0.2, 0.25) is 0 Å². The minimum absolute atomic E-state index is 0.0215. The van der Waals surface area contributed by atoms with E-state index in [9.17, 15) is 4.79 Å². The minimum Gasteiger partial charge on any atom is -0.497 e. The minimum atomic E-state index is 0.0215. The number of rotatable bonds is 6. The van der Waals surface area contributed by atoms with Gasteiger partial charge in [-0.25, -0.2) is 0 Å². The maximum absolute atomic E-state index is 13.5. The number of carbonyl (C=O) groups is 1. The molecule has 1 aromatic carbocycles. The Bertz CT molecular complexity index is 819. The van der Waals surface area contributed by atoms with Crippen molar-refractivity contribution in [2.24, 2.45) is 5.92 Å². The quantitative estimate of drug-likeness (QED) is 0.796. The maximum Gasteiger partial charge on any atom is 0.226 e. The fraction of sp³-hybridized carbons (Fsp3) is 0.500. The number of carbonyl (C=O) groups excluding carboxylic acids is 1. The van der Waals surface area contributed by atoms with Crippen LogP contribution in [0.4, 0.5) is 0 Å². The van der Waals surface area contributed by atoms with Crippen molar-refractivity contribution < 1.29 is 9.53 Å². The summed E-state index contributed by atoms with van der Waals surface area (Å²) in [5.41, 5.74) is 2.40. The summed E-state index contributed by atoms with van der Waals surface area (Å²) in [4.78, 5) is 22.0. The molecule has 2 fully saturated rings. The number of benzene rings is 1. The monoisotopic (exact) mass is 408 g/mol. The van der Waals surface area contributed by atoms with Gasteiger partial charge in [-0.2, -0.15) is 0 Å². The molecular weight excluding hydrogens is 376 g/mol. The van der Waals surface area contributed by atoms with Crippen molar-refractivity contribution in [3.63, 3.8) is 0 Å². The number of piperazine rings is 1. The highest BCUT2D eigenvalue weighted by atomic mass is 16.5. The molecule has 1 saturated carbocycles. The van der Waals surface area contributed by atoms with Gasteiger partial charge in [-0.1, -0.05) is 18.2 Å². The molecule has 1 aliphatic heterocycles. The lowest BCUT2D eigenvalue weighted by Gasteiger charge is -2.35. The molecule has 1 N–H and O–H groups in total. The van der Waals surface area contributed by atoms with Crippen LogP contribution < -0.4 is 10.1 Å². The second kappa shape index (κ2) is 9.58. The first-order valence-electron chi connectivity index (χ1n) is 10.9. The van der Waals surface area contributed by atoms with E-state index in [4.69, 9.17) is 4.74 Å². The van der Waals surface area contributed by atoms with Crippen molar-refractivity contribution >= 4 is 5.91 Å². The standard InChI is InChI=1S/C24H32N4O2/c1-27-10-12-28(13-11-27)24(29)23-15-20(26-17-18-4-3-9-25-16-18)14-22(23)19-5-7-21(30-2)8-6-19/h3-9,16,20,22-23,26H,10-15,17H2,1-2H3/t20-,22+,23-/m0/s1. The molecule has 2 aliphatic rings. The number of nitrogens with zero attached hydrogens (tertiary/aromatic N) is 3. The first-order chi connectivity index (χ1) is 14.6. The molecule has 0 bridgehead atoms. The summed E-state index contributed by atoms with van der Waals surface area (Å²) in [7, 11) is 3.80. The number of ether oxygens (including phenoxy) is 1. The van der Waals surface area contributed by atoms with Crippen LogP contribution >= 0.6 is 0 Å². The third-order valence-corrected chi connectivity index (χ3v) is 6.56. The second-order valence-corrected chi connectivity index (χ2v) is 8.53. The van der Waals surface area contributed by atoms with Gasteiger partial charge in [0.1, 0.15) is 5.75 Å². The molecule has 0 unspecified atom stereocenters. The van der Waals surface area contributed by atoms with Crippen molar-refractivity contribution in [2.45, 2.75) is 31.3 Å². The van der Waals surface area contributed by atoms with Gasteiger partial charge in [-0.3, -0.25) is 9.78 Å². The molecule has 160 valence electrons. The normalized spacial score (nSPS) is 24.7. The fourth-order valence-corrected chi connectivity index (χ4v) is 4.72. The Morgan fingerprint density at radius 1 is 1.13 bits per heavy atom. The average molecular weight is 409 g/mol. The van der Waals surface area contributed by atoms with Crippen LogP contribution in [0, 0.1) is 5.92 Å². The van der Waals surface area contributed by atoms with Gasteiger partial charge in [0.15, 0.2) is 0 Å². The Labute approximate surface area is 179 Å². The number of hydrogen-bond acceptors (Lipinski definition) is 5. The number of pyridine rings is 1. The van der Waals surface area contributed by atoms with Crippen LogP contribution in [0.3, 0.4) is 0 Å². The number of methoxy groups -OCH3 is 1. The van der Waals surface area contributed by atoms with Gasteiger partial charge in [0.05, 0.1) is 7.11 Å². The third-order valence-electron chi connectivity index (χ3n) is 6.56. The summed E-state index contributed by atoms with van der Waals surface area (Å²) in [6.07, 6.45) is 5.54. The Balaban J connectivity index is 1.48. The molecule has 1 aliphatic carbocycles. The largest absolute Gasteiger partial charge is 0.497 e. The van der Waals surface area contributed by atoms with Crippen molar-refractivity contribution in [3.05, 3.63) is 59.9 Å². The summed E-state index contributed by atoms with van der Waals surface area (Å²) < 4.78 is 5.32. The molecule has 1 amide bonds. The summed E-state index contributed by atoms with van der Waals surface area (Å²) in [6, 6.07) is 12.6. The number of aromatic nitrogens is 1. The fourth-order valence-electron chi connectivity index (χ4n) is 4.72. The van der Waals surface area contributed by atoms with E-state index in [2.05, 4.69) is 45.3 Å². The van der Waals surface area contributed by atoms with Crippen molar-refractivity contribution in [2.75, 3.05) is 40.3 Å². The van der Waals surface area contributed by atoms with Crippen LogP contribution in [-0.2, 0) is 11.3 Å². The first kappa shape index (κ1) is 20.8. The van der Waals surface area contributed by atoms with E-state index in [1.807, 2.05) is 24.4 Å². The molecule has 4 rings (SSSR count). The molecule has 0 radical (unpaired) electrons. The lowest BCUT2D eigenvalue weighted by Crippen LogP contribution is -2.49. The lowest BCUT2D eigenvalue weighted by atomic mass is 9.87. The predicted molar refractivity (Wildman–Crippen MR) is 117 cm³/mol. The van der Waals surface area contributed by atoms with E-state index >= 15 is 0 Å². The highest BCUT2D eigenvalue weighted by Gasteiger charge is 2.41. The topological polar surface area (TPSA) is 57.7 Å². The molecular formula is C24H32N4O2. The van der Waals surface area contributed by atoms with E-state index in [0.717, 1.165) is 51.3 Å². The van der Waals surface area contributed by atoms with Gasteiger partial charge < -0.3 is 19.9 Å². The molecule has 3 atom stereocenters. The number of likely N-dealkylation sites (N-methyl/N-ethyl adjacent to an activating group) is 1. The first-order valence-corrected chi connectivity index (χ1v) is 10.9. The van der Waals surface area contributed by atoms with Crippen LogP contribution in [0.5, 0.6) is 5.75 Å². The van der Waals surface area contributed by atoms with Crippen molar-refractivity contribution in [1.82, 2.24) is 20.1 Å². The highest BCUT2D eigenvalue weighted by Crippen LogP contribution is 2.41. The molecule has 0 spiro atoms. The van der Waals surface area contributed by atoms with Gasteiger partial charge in [0.25, 0.3) is 0 Å². The van der Waals surface area contributed by atoms with Gasteiger partial charge in [-0.05, 0) is 55.1 Å². The molecule has 30 heavy (non-hydrogen) atoms. The summed E-state index contributed by atoms with van der Waals surface area (Å²) in [5, 5.41) is 3.67. The van der Waals surface area contributed by atoms with Gasteiger partial charge in [0, 0.05) is 57.1 Å². The smallest absolute Gasteiger partial charge is 0.226 e. The molecule has 6 nitrogen and oxygen atoms in total. The zero-order chi connectivity index (χ0) is 20.9. The van der Waals surface area contributed by atoms with Gasteiger partial charge in [-0.15, -0.1) is 0 Å². The Kier molecular flexibility index (Phi) is 6.65. The zero-order valence-corrected chi connectivity index (χ0v) is 18.0. The average Bonchev–Trinajstić information content (AvgIpc) is 3.23. The second-order valence-electron chi connectivity index (χ2n) is 8.53. The summed E-state index contributed by atoms with van der Waals surface area (Å²) in [5.74, 6) is 1.42. The van der Waals surface area contributed by atoms with Gasteiger partial charge >= 0.3 is 0 Å². The van der Waals surface area contributed by atoms with Crippen LogP contribution in [0.15, 0.2) is 48.8 Å². The number of amides is 1. The maximum atomic E-state index is 13.5. The molecule has 6 heteroatoms. The molecule has 1 saturated heterocycles. The predicted octanol–water partition coefficient (Wildman–Crippen LogP) is 2.52. The SMILES string of the molecule is COc1ccc([C@H]2C[C@H](NCc3cccnc3)C[C@@H]2C(=O)N2CCN(C)CC2)cc1. The van der Waals surface area contributed by atoms with E-state index in [1.165, 1.54) is 11.1 Å². The Hall–Kier alpha value is -2.44. The molecule has 2 heterocycles. The molecule has 1 aromatic heterocycles. The zero-order valence-electron chi connectivity index (χ0n) is 18.0. The van der Waals surface area contributed by atoms with E-state index < -0.39 is 0 Å². The van der Waals surface area contributed by atoms with Gasteiger partial charge in [0.2, 0.25) is 5.91 Å². The Morgan fingerprint density at radius 2 is 1.90 bits per heavy atom. The van der Waals surface area contributed by atoms with E-state index in [1.54, 1.807) is 13.3 Å². The third kappa shape index (κ3) is 4.82. The van der Waals surface area contributed by atoms with E-state index in [-0.39, 0.29) is 11.8 Å². The number of hydrogen-bond donors (Lipinski definition) is 1. The Morgan fingerprint density at radius 3 is 2.57 bits per heavy atom. The highest BCUT2D eigenvalue weighted by molar-refractivity contribution is 5.80. The van der Waals surface area contributed by atoms with E-state index in [0.29, 0.717) is 11.9 Å². The summed E-state index contributed by atoms with van der Waals surface area (Å²) >= 11 is 0. The lowest BCUT2D eigenvalue weighted by molar-refractivity contribution is -0.137. The number of nitrogens with one attached hydrogen (secondary N) is 1.